The molecule has 0 aromatic carbocycles. The molecule has 1 N–H and O–H groups in total. The van der Waals surface area contributed by atoms with Crippen LogP contribution in [0.3, 0.4) is 0 Å². The number of rotatable bonds is 3. The van der Waals surface area contributed by atoms with Crippen LogP contribution in [0.4, 0.5) is 0 Å². The lowest BCUT2D eigenvalue weighted by Crippen LogP contribution is -2.01. The van der Waals surface area contributed by atoms with Crippen molar-refractivity contribution in [3.8, 4) is 6.07 Å². The lowest BCUT2D eigenvalue weighted by molar-refractivity contribution is 0.605. The van der Waals surface area contributed by atoms with Crippen LogP contribution in [-0.4, -0.2) is 18.4 Å². The third kappa shape index (κ3) is 2.27. The number of sulfone groups is 1. The zero-order valence-corrected chi connectivity index (χ0v) is 10.1. The van der Waals surface area contributed by atoms with Gasteiger partial charge in [0.15, 0.2) is 4.91 Å². The van der Waals surface area contributed by atoms with Crippen molar-refractivity contribution >= 4 is 27.3 Å². The van der Waals surface area contributed by atoms with Crippen LogP contribution < -0.4 is 0 Å². The minimum atomic E-state index is -3.71. The van der Waals surface area contributed by atoms with Gasteiger partial charge in [-0.2, -0.15) is 5.26 Å². The average Bonchev–Trinajstić information content (AvgIpc) is 2.98. The van der Waals surface area contributed by atoms with Gasteiger partial charge in [-0.25, -0.2) is 13.4 Å². The van der Waals surface area contributed by atoms with Crippen LogP contribution >= 0.6 is 11.3 Å². The largest absolute Gasteiger partial charge is 0.345 e. The number of aromatic amines is 1. The van der Waals surface area contributed by atoms with E-state index in [4.69, 9.17) is 5.26 Å². The predicted octanol–water partition coefficient (Wildman–Crippen LogP) is 1.81. The lowest BCUT2D eigenvalue weighted by atomic mass is 10.4. The number of H-pyrrole nitrogens is 1. The van der Waals surface area contributed by atoms with Gasteiger partial charge < -0.3 is 4.98 Å². The van der Waals surface area contributed by atoms with E-state index in [1.807, 2.05) is 0 Å². The minimum absolute atomic E-state index is 0.157. The summed E-state index contributed by atoms with van der Waals surface area (Å²) in [6.07, 6.45) is 4.13. The second kappa shape index (κ2) is 4.53. The Morgan fingerprint density at radius 3 is 2.94 bits per heavy atom. The van der Waals surface area contributed by atoms with Gasteiger partial charge in [-0.3, -0.25) is 0 Å². The highest BCUT2D eigenvalue weighted by Crippen LogP contribution is 2.24. The van der Waals surface area contributed by atoms with Crippen molar-refractivity contribution in [2.75, 3.05) is 0 Å². The normalized spacial score (nSPS) is 12.3. The fourth-order valence-electron chi connectivity index (χ4n) is 1.18. The van der Waals surface area contributed by atoms with Crippen molar-refractivity contribution in [1.29, 1.82) is 5.26 Å². The maximum absolute atomic E-state index is 12.0. The van der Waals surface area contributed by atoms with Crippen LogP contribution in [0.2, 0.25) is 0 Å². The van der Waals surface area contributed by atoms with Gasteiger partial charge in [0.25, 0.3) is 0 Å². The van der Waals surface area contributed by atoms with Crippen LogP contribution in [0.15, 0.2) is 39.2 Å². The third-order valence-electron chi connectivity index (χ3n) is 1.97. The van der Waals surface area contributed by atoms with E-state index in [2.05, 4.69) is 9.97 Å². The predicted molar refractivity (Wildman–Crippen MR) is 63.7 cm³/mol. The fourth-order valence-corrected chi connectivity index (χ4v) is 3.45. The number of imidazole rings is 1. The van der Waals surface area contributed by atoms with Crippen molar-refractivity contribution in [1.82, 2.24) is 9.97 Å². The Bertz CT molecular complexity index is 662. The molecule has 0 bridgehead atoms. The van der Waals surface area contributed by atoms with E-state index in [9.17, 15) is 8.42 Å². The smallest absolute Gasteiger partial charge is 0.226 e. The van der Waals surface area contributed by atoms with Crippen LogP contribution in [0.1, 0.15) is 5.69 Å². The molecule has 0 fully saturated rings. The number of allylic oxidation sites excluding steroid dienone is 1. The molecule has 2 aromatic rings. The second-order valence-corrected chi connectivity index (χ2v) is 6.16. The van der Waals surface area contributed by atoms with Crippen LogP contribution in [0, 0.1) is 11.3 Å². The molecule has 0 spiro atoms. The molecule has 0 aliphatic heterocycles. The summed E-state index contributed by atoms with van der Waals surface area (Å²) >= 11 is 1.08. The molecular formula is C10H7N3O2S2. The Morgan fingerprint density at radius 2 is 2.41 bits per heavy atom. The van der Waals surface area contributed by atoms with Crippen molar-refractivity contribution in [3.63, 3.8) is 0 Å². The molecule has 86 valence electrons. The van der Waals surface area contributed by atoms with Crippen LogP contribution in [-0.2, 0) is 9.84 Å². The first-order valence-electron chi connectivity index (χ1n) is 4.53. The number of nitrogens with zero attached hydrogens (tertiary/aromatic N) is 2. The van der Waals surface area contributed by atoms with Crippen LogP contribution in [0.25, 0.3) is 6.08 Å². The summed E-state index contributed by atoms with van der Waals surface area (Å²) < 4.78 is 24.2. The number of thiophene rings is 1. The van der Waals surface area contributed by atoms with Crippen molar-refractivity contribution in [2.45, 2.75) is 4.21 Å². The number of nitriles is 1. The van der Waals surface area contributed by atoms with E-state index in [1.54, 1.807) is 17.5 Å². The van der Waals surface area contributed by atoms with Gasteiger partial charge in [-0.1, -0.05) is 6.07 Å². The molecule has 2 rings (SSSR count). The van der Waals surface area contributed by atoms with Gasteiger partial charge in [0.05, 0.1) is 18.2 Å². The summed E-state index contributed by atoms with van der Waals surface area (Å²) in [6, 6.07) is 4.80. The molecule has 0 unspecified atom stereocenters. The molecule has 17 heavy (non-hydrogen) atoms. The Kier molecular flexibility index (Phi) is 3.08. The molecule has 0 atom stereocenters. The van der Waals surface area contributed by atoms with Crippen LogP contribution in [0.5, 0.6) is 0 Å². The summed E-state index contributed by atoms with van der Waals surface area (Å²) in [4.78, 5) is 6.17. The van der Waals surface area contributed by atoms with E-state index >= 15 is 0 Å². The first-order chi connectivity index (χ1) is 8.14. The number of hydrogen-bond acceptors (Lipinski definition) is 5. The standard InChI is InChI=1S/C10H7N3O2S2/c11-5-9(4-8-6-12-7-13-8)17(14,15)10-2-1-3-16-10/h1-4,6-7H,(H,12,13). The Balaban J connectivity index is 2.49. The maximum atomic E-state index is 12.0. The van der Waals surface area contributed by atoms with Gasteiger partial charge in [-0.15, -0.1) is 11.3 Å². The summed E-state index contributed by atoms with van der Waals surface area (Å²) in [7, 11) is -3.71. The highest BCUT2D eigenvalue weighted by Gasteiger charge is 2.21. The van der Waals surface area contributed by atoms with E-state index < -0.39 is 9.84 Å². The highest BCUT2D eigenvalue weighted by atomic mass is 32.2. The first kappa shape index (κ1) is 11.6. The SMILES string of the molecule is N#CC(=Cc1cnc[nH]1)S(=O)(=O)c1cccs1. The van der Waals surface area contributed by atoms with Crippen molar-refractivity contribution < 1.29 is 8.42 Å². The second-order valence-electron chi connectivity index (χ2n) is 3.06. The van der Waals surface area contributed by atoms with E-state index in [-0.39, 0.29) is 9.11 Å². The Labute approximate surface area is 102 Å². The molecule has 0 aliphatic rings. The van der Waals surface area contributed by atoms with Crippen molar-refractivity contribution in [2.24, 2.45) is 0 Å². The lowest BCUT2D eigenvalue weighted by Gasteiger charge is -1.98. The molecular weight excluding hydrogens is 258 g/mol. The number of hydrogen-bond donors (Lipinski definition) is 1. The maximum Gasteiger partial charge on any atom is 0.226 e. The number of aromatic nitrogens is 2. The molecule has 0 saturated heterocycles. The molecule has 7 heteroatoms. The molecule has 0 amide bonds. The summed E-state index contributed by atoms with van der Waals surface area (Å²) in [5, 5.41) is 10.6. The van der Waals surface area contributed by atoms with Gasteiger partial charge >= 0.3 is 0 Å². The molecule has 2 aromatic heterocycles. The molecule has 0 aliphatic carbocycles. The Hall–Kier alpha value is -1.91. The Morgan fingerprint density at radius 1 is 1.59 bits per heavy atom. The zero-order valence-electron chi connectivity index (χ0n) is 8.49. The number of nitrogens with one attached hydrogen (secondary N) is 1. The monoisotopic (exact) mass is 265 g/mol. The zero-order chi connectivity index (χ0) is 12.3. The molecule has 0 radical (unpaired) electrons. The minimum Gasteiger partial charge on any atom is -0.345 e. The van der Waals surface area contributed by atoms with Gasteiger partial charge in [0.2, 0.25) is 9.84 Å². The average molecular weight is 265 g/mol. The van der Waals surface area contributed by atoms with Crippen molar-refractivity contribution in [3.05, 3.63) is 40.6 Å². The fraction of sp³-hybridized carbons (Fsp3) is 0. The van der Waals surface area contributed by atoms with E-state index in [1.165, 1.54) is 24.7 Å². The van der Waals surface area contributed by atoms with Gasteiger partial charge in [0, 0.05) is 0 Å². The van der Waals surface area contributed by atoms with E-state index in [0.29, 0.717) is 5.69 Å². The molecule has 5 nitrogen and oxygen atoms in total. The quantitative estimate of drug-likeness (QED) is 0.857. The van der Waals surface area contributed by atoms with Gasteiger partial charge in [-0.05, 0) is 17.5 Å². The molecule has 2 heterocycles. The summed E-state index contributed by atoms with van der Waals surface area (Å²) in [5.74, 6) is 0. The topological polar surface area (TPSA) is 86.6 Å². The van der Waals surface area contributed by atoms with E-state index in [0.717, 1.165) is 11.3 Å². The molecule has 0 saturated carbocycles. The summed E-state index contributed by atoms with van der Waals surface area (Å²) in [5.41, 5.74) is 0.474. The third-order valence-corrected chi connectivity index (χ3v) is 5.03. The summed E-state index contributed by atoms with van der Waals surface area (Å²) in [6.45, 7) is 0. The van der Waals surface area contributed by atoms with Gasteiger partial charge in [0.1, 0.15) is 10.3 Å². The first-order valence-corrected chi connectivity index (χ1v) is 6.89. The highest BCUT2D eigenvalue weighted by molar-refractivity contribution is 7.97.